The molecular weight excluding hydrogens is 248 g/mol. The highest BCUT2D eigenvalue weighted by Gasteiger charge is 2.27. The molecule has 1 aromatic carbocycles. The van der Waals surface area contributed by atoms with E-state index in [0.717, 1.165) is 12.8 Å². The molecule has 0 aromatic heterocycles. The summed E-state index contributed by atoms with van der Waals surface area (Å²) in [4.78, 5) is 0.274. The molecule has 2 rings (SSSR count). The van der Waals surface area contributed by atoms with Crippen molar-refractivity contribution < 1.29 is 8.42 Å². The zero-order valence-electron chi connectivity index (χ0n) is 10.3. The van der Waals surface area contributed by atoms with Crippen molar-refractivity contribution in [2.45, 2.75) is 24.7 Å². The lowest BCUT2D eigenvalue weighted by Crippen LogP contribution is -2.37. The number of benzene rings is 1. The van der Waals surface area contributed by atoms with Crippen molar-refractivity contribution in [1.29, 1.82) is 5.26 Å². The molecule has 1 heterocycles. The van der Waals surface area contributed by atoms with Crippen LogP contribution in [-0.4, -0.2) is 25.8 Å². The normalized spacial score (nSPS) is 18.4. The lowest BCUT2D eigenvalue weighted by atomic mass is 10.0. The summed E-state index contributed by atoms with van der Waals surface area (Å²) in [6, 6.07) is 8.08. The van der Waals surface area contributed by atoms with E-state index in [1.807, 2.05) is 6.07 Å². The molecule has 1 fully saturated rings. The maximum atomic E-state index is 12.3. The molecule has 4 nitrogen and oxygen atoms in total. The van der Waals surface area contributed by atoms with Crippen LogP contribution in [0.5, 0.6) is 0 Å². The van der Waals surface area contributed by atoms with Gasteiger partial charge in [0, 0.05) is 13.1 Å². The Kier molecular flexibility index (Phi) is 3.69. The molecule has 0 saturated carbocycles. The molecule has 0 unspecified atom stereocenters. The van der Waals surface area contributed by atoms with Crippen LogP contribution in [0.15, 0.2) is 29.2 Å². The third-order valence-electron chi connectivity index (χ3n) is 3.36. The highest BCUT2D eigenvalue weighted by Crippen LogP contribution is 2.23. The van der Waals surface area contributed by atoms with Crippen LogP contribution in [-0.2, 0) is 10.0 Å². The van der Waals surface area contributed by atoms with E-state index in [0.29, 0.717) is 24.6 Å². The Balaban J connectivity index is 2.22. The molecule has 1 aliphatic rings. The van der Waals surface area contributed by atoms with Crippen molar-refractivity contribution in [2.75, 3.05) is 13.1 Å². The van der Waals surface area contributed by atoms with Crippen molar-refractivity contribution in [2.24, 2.45) is 5.92 Å². The highest BCUT2D eigenvalue weighted by atomic mass is 32.2. The van der Waals surface area contributed by atoms with Crippen LogP contribution in [0.25, 0.3) is 0 Å². The minimum Gasteiger partial charge on any atom is -0.207 e. The van der Waals surface area contributed by atoms with Gasteiger partial charge in [-0.05, 0) is 43.0 Å². The molecule has 18 heavy (non-hydrogen) atoms. The monoisotopic (exact) mass is 264 g/mol. The van der Waals surface area contributed by atoms with E-state index in [2.05, 4.69) is 6.92 Å². The first-order valence-electron chi connectivity index (χ1n) is 6.04. The number of nitrogens with zero attached hydrogens (tertiary/aromatic N) is 2. The van der Waals surface area contributed by atoms with Crippen LogP contribution in [0.4, 0.5) is 0 Å². The van der Waals surface area contributed by atoms with Gasteiger partial charge in [0.05, 0.1) is 16.5 Å². The van der Waals surface area contributed by atoms with Crippen LogP contribution in [0.1, 0.15) is 25.3 Å². The predicted octanol–water partition coefficient (Wildman–Crippen LogP) is 1.98. The summed E-state index contributed by atoms with van der Waals surface area (Å²) in [6.07, 6.45) is 1.82. The molecular formula is C13H16N2O2S. The largest absolute Gasteiger partial charge is 0.243 e. The van der Waals surface area contributed by atoms with Gasteiger partial charge in [0.2, 0.25) is 10.0 Å². The van der Waals surface area contributed by atoms with Gasteiger partial charge < -0.3 is 0 Å². The molecule has 0 N–H and O–H groups in total. The number of hydrogen-bond acceptors (Lipinski definition) is 3. The van der Waals surface area contributed by atoms with E-state index in [4.69, 9.17) is 5.26 Å². The Bertz CT molecular complexity index is 550. The Morgan fingerprint density at radius 1 is 1.22 bits per heavy atom. The molecule has 1 aliphatic heterocycles. The number of nitriles is 1. The Hall–Kier alpha value is -1.38. The van der Waals surface area contributed by atoms with Gasteiger partial charge in [0.25, 0.3) is 0 Å². The fourth-order valence-electron chi connectivity index (χ4n) is 2.08. The fourth-order valence-corrected chi connectivity index (χ4v) is 3.55. The average molecular weight is 264 g/mol. The van der Waals surface area contributed by atoms with Gasteiger partial charge in [-0.25, -0.2) is 8.42 Å². The first-order valence-corrected chi connectivity index (χ1v) is 7.48. The Labute approximate surface area is 108 Å². The molecule has 0 aliphatic carbocycles. The van der Waals surface area contributed by atoms with Crippen LogP contribution in [0, 0.1) is 17.2 Å². The van der Waals surface area contributed by atoms with Crippen molar-refractivity contribution in [1.82, 2.24) is 4.31 Å². The van der Waals surface area contributed by atoms with Gasteiger partial charge in [0.15, 0.2) is 0 Å². The fraction of sp³-hybridized carbons (Fsp3) is 0.462. The van der Waals surface area contributed by atoms with Gasteiger partial charge >= 0.3 is 0 Å². The number of rotatable bonds is 2. The standard InChI is InChI=1S/C13H16N2O2S/c1-11-6-8-15(9-7-11)18(16,17)13-4-2-12(10-14)3-5-13/h2-5,11H,6-9H2,1H3. The first kappa shape index (κ1) is 13.1. The van der Waals surface area contributed by atoms with Crippen LogP contribution < -0.4 is 0 Å². The van der Waals surface area contributed by atoms with Crippen molar-refractivity contribution in [3.05, 3.63) is 29.8 Å². The van der Waals surface area contributed by atoms with Crippen molar-refractivity contribution >= 4 is 10.0 Å². The molecule has 0 spiro atoms. The second-order valence-electron chi connectivity index (χ2n) is 4.72. The molecule has 1 aromatic rings. The van der Waals surface area contributed by atoms with Gasteiger partial charge in [0.1, 0.15) is 0 Å². The van der Waals surface area contributed by atoms with Gasteiger partial charge in [-0.2, -0.15) is 9.57 Å². The second-order valence-corrected chi connectivity index (χ2v) is 6.66. The first-order chi connectivity index (χ1) is 8.54. The lowest BCUT2D eigenvalue weighted by molar-refractivity contribution is 0.288. The molecule has 5 heteroatoms. The van der Waals surface area contributed by atoms with Gasteiger partial charge in [-0.1, -0.05) is 6.92 Å². The minimum absolute atomic E-state index is 0.274. The topological polar surface area (TPSA) is 61.2 Å². The average Bonchev–Trinajstić information content (AvgIpc) is 2.39. The molecule has 0 atom stereocenters. The van der Waals surface area contributed by atoms with Gasteiger partial charge in [-0.15, -0.1) is 0 Å². The van der Waals surface area contributed by atoms with E-state index in [1.165, 1.54) is 16.4 Å². The SMILES string of the molecule is CC1CCN(S(=O)(=O)c2ccc(C#N)cc2)CC1. The van der Waals surface area contributed by atoms with Crippen molar-refractivity contribution in [3.8, 4) is 6.07 Å². The Morgan fingerprint density at radius 3 is 2.28 bits per heavy atom. The molecule has 0 radical (unpaired) electrons. The van der Waals surface area contributed by atoms with E-state index < -0.39 is 10.0 Å². The Morgan fingerprint density at radius 2 is 1.78 bits per heavy atom. The second kappa shape index (κ2) is 5.09. The third-order valence-corrected chi connectivity index (χ3v) is 5.28. The summed E-state index contributed by atoms with van der Waals surface area (Å²) in [5.74, 6) is 0.595. The zero-order chi connectivity index (χ0) is 13.2. The predicted molar refractivity (Wildman–Crippen MR) is 68.3 cm³/mol. The van der Waals surface area contributed by atoms with Crippen LogP contribution in [0.2, 0.25) is 0 Å². The number of hydrogen-bond donors (Lipinski definition) is 0. The van der Waals surface area contributed by atoms with E-state index in [-0.39, 0.29) is 4.90 Å². The maximum absolute atomic E-state index is 12.3. The van der Waals surface area contributed by atoms with Crippen molar-refractivity contribution in [3.63, 3.8) is 0 Å². The number of sulfonamides is 1. The van der Waals surface area contributed by atoms with E-state index in [9.17, 15) is 8.42 Å². The van der Waals surface area contributed by atoms with Crippen LogP contribution in [0.3, 0.4) is 0 Å². The summed E-state index contributed by atoms with van der Waals surface area (Å²) < 4.78 is 26.2. The molecule has 0 amide bonds. The lowest BCUT2D eigenvalue weighted by Gasteiger charge is -2.29. The summed E-state index contributed by atoms with van der Waals surface area (Å²) in [5.41, 5.74) is 0.473. The summed E-state index contributed by atoms with van der Waals surface area (Å²) in [5, 5.41) is 8.70. The number of piperidine rings is 1. The zero-order valence-corrected chi connectivity index (χ0v) is 11.2. The molecule has 1 saturated heterocycles. The van der Waals surface area contributed by atoms with E-state index in [1.54, 1.807) is 12.1 Å². The quantitative estimate of drug-likeness (QED) is 0.820. The maximum Gasteiger partial charge on any atom is 0.243 e. The highest BCUT2D eigenvalue weighted by molar-refractivity contribution is 7.89. The molecule has 0 bridgehead atoms. The van der Waals surface area contributed by atoms with Gasteiger partial charge in [-0.3, -0.25) is 0 Å². The smallest absolute Gasteiger partial charge is 0.207 e. The van der Waals surface area contributed by atoms with Crippen LogP contribution >= 0.6 is 0 Å². The minimum atomic E-state index is -3.39. The third kappa shape index (κ3) is 2.55. The summed E-state index contributed by atoms with van der Waals surface area (Å²) in [7, 11) is -3.39. The summed E-state index contributed by atoms with van der Waals surface area (Å²) in [6.45, 7) is 3.32. The summed E-state index contributed by atoms with van der Waals surface area (Å²) >= 11 is 0. The van der Waals surface area contributed by atoms with E-state index >= 15 is 0 Å². The molecule has 96 valence electrons.